The number of hydrogen-bond acceptors (Lipinski definition) is 4. The van der Waals surface area contributed by atoms with Gasteiger partial charge in [-0.3, -0.25) is 4.79 Å². The van der Waals surface area contributed by atoms with E-state index in [2.05, 4.69) is 45.0 Å². The Kier molecular flexibility index (Phi) is 7.65. The predicted octanol–water partition coefficient (Wildman–Crippen LogP) is 5.90. The van der Waals surface area contributed by atoms with Crippen molar-refractivity contribution in [2.75, 3.05) is 0 Å². The van der Waals surface area contributed by atoms with Crippen LogP contribution in [0.25, 0.3) is 0 Å². The number of hydrogen-bond donors (Lipinski definition) is 0. The van der Waals surface area contributed by atoms with E-state index < -0.39 is 5.78 Å². The van der Waals surface area contributed by atoms with E-state index in [0.717, 1.165) is 0 Å². The van der Waals surface area contributed by atoms with Crippen molar-refractivity contribution in [2.45, 2.75) is 0 Å². The lowest BCUT2D eigenvalue weighted by Gasteiger charge is -2.12. The molecule has 1 aromatic carbocycles. The van der Waals surface area contributed by atoms with Crippen molar-refractivity contribution in [3.05, 3.63) is 68.1 Å². The van der Waals surface area contributed by atoms with Crippen molar-refractivity contribution in [3.8, 4) is 6.07 Å². The molecule has 0 aromatic heterocycles. The molecule has 0 radical (unpaired) electrons. The molecule has 0 spiro atoms. The van der Waals surface area contributed by atoms with Crippen LogP contribution in [-0.2, 0) is 0 Å². The van der Waals surface area contributed by atoms with Gasteiger partial charge in [-0.2, -0.15) is 5.26 Å². The van der Waals surface area contributed by atoms with E-state index in [1.165, 1.54) is 12.1 Å². The van der Waals surface area contributed by atoms with Gasteiger partial charge in [0.1, 0.15) is 11.6 Å². The van der Waals surface area contributed by atoms with Gasteiger partial charge < -0.3 is 0 Å². The Bertz CT molecular complexity index is 776. The van der Waals surface area contributed by atoms with Gasteiger partial charge in [-0.25, -0.2) is 0 Å². The number of carbonyl (C=O) groups excluding carboxylic acids is 1. The van der Waals surface area contributed by atoms with Crippen LogP contribution in [0.4, 0.5) is 0 Å². The topological polar surface area (TPSA) is 40.9 Å². The van der Waals surface area contributed by atoms with Crippen molar-refractivity contribution in [1.29, 1.82) is 5.26 Å². The van der Waals surface area contributed by atoms with E-state index >= 15 is 0 Å². The molecule has 7 heteroatoms. The molecule has 23 heavy (non-hydrogen) atoms. The SMILES string of the molecule is C=C(Br)C(=S)C(C(=S)C(=C)Br)=C(C#N)C(=O)c1ccc(Cl)cc1. The van der Waals surface area contributed by atoms with Gasteiger partial charge in [-0.1, -0.05) is 49.2 Å². The van der Waals surface area contributed by atoms with Crippen molar-refractivity contribution in [3.63, 3.8) is 0 Å². The molecule has 0 aliphatic heterocycles. The van der Waals surface area contributed by atoms with Crippen LogP contribution in [-0.4, -0.2) is 15.5 Å². The third kappa shape index (κ3) is 5.00. The summed E-state index contributed by atoms with van der Waals surface area (Å²) in [4.78, 5) is 13.0. The Morgan fingerprint density at radius 2 is 1.52 bits per heavy atom. The van der Waals surface area contributed by atoms with Gasteiger partial charge in [0.15, 0.2) is 0 Å². The van der Waals surface area contributed by atoms with Crippen LogP contribution in [0.5, 0.6) is 0 Å². The van der Waals surface area contributed by atoms with Crippen molar-refractivity contribution < 1.29 is 4.79 Å². The number of carbonyl (C=O) groups is 1. The highest BCUT2D eigenvalue weighted by atomic mass is 79.9. The Labute approximate surface area is 166 Å². The summed E-state index contributed by atoms with van der Waals surface area (Å²) in [7, 11) is 0. The molecule has 0 aliphatic rings. The minimum absolute atomic E-state index is 0.140. The van der Waals surface area contributed by atoms with E-state index in [0.29, 0.717) is 19.6 Å². The smallest absolute Gasteiger partial charge is 0.204 e. The summed E-state index contributed by atoms with van der Waals surface area (Å²) in [5.41, 5.74) is 0.263. The minimum Gasteiger partial charge on any atom is -0.288 e. The average molecular weight is 490 g/mol. The highest BCUT2D eigenvalue weighted by Gasteiger charge is 2.24. The van der Waals surface area contributed by atoms with Gasteiger partial charge in [-0.15, -0.1) is 0 Å². The van der Waals surface area contributed by atoms with E-state index in [-0.39, 0.29) is 20.9 Å². The molecule has 2 nitrogen and oxygen atoms in total. The number of nitriles is 1. The van der Waals surface area contributed by atoms with Crippen LogP contribution in [0.15, 0.2) is 57.5 Å². The normalized spacial score (nSPS) is 9.48. The standard InChI is InChI=1S/C16H8Br2ClNOS2/c1-8(17)15(22)13(16(23)9(2)18)12(7-20)14(21)10-3-5-11(19)6-4-10/h3-6H,1-2H2. The van der Waals surface area contributed by atoms with Crippen LogP contribution >= 0.6 is 67.9 Å². The first-order valence-electron chi connectivity index (χ1n) is 5.93. The number of rotatable bonds is 6. The summed E-state index contributed by atoms with van der Waals surface area (Å²) < 4.78 is 0.686. The second-order valence-electron chi connectivity index (χ2n) is 4.17. The monoisotopic (exact) mass is 487 g/mol. The molecule has 0 fully saturated rings. The highest BCUT2D eigenvalue weighted by Crippen LogP contribution is 2.25. The second-order valence-corrected chi connectivity index (χ2v) is 7.33. The molecule has 0 saturated carbocycles. The maximum Gasteiger partial charge on any atom is 0.204 e. The molecule has 0 amide bonds. The summed E-state index contributed by atoms with van der Waals surface area (Å²) in [5, 5.41) is 9.96. The molecule has 116 valence electrons. The van der Waals surface area contributed by atoms with Crippen molar-refractivity contribution >= 4 is 83.4 Å². The van der Waals surface area contributed by atoms with Gasteiger partial charge in [-0.05, 0) is 56.1 Å². The molecule has 0 heterocycles. The van der Waals surface area contributed by atoms with E-state index in [1.54, 1.807) is 12.1 Å². The summed E-state index contributed by atoms with van der Waals surface area (Å²) in [6, 6.07) is 8.06. The van der Waals surface area contributed by atoms with Crippen LogP contribution in [0.1, 0.15) is 10.4 Å². The zero-order chi connectivity index (χ0) is 17.7. The number of thiocarbonyl (C=S) groups is 2. The molecule has 0 atom stereocenters. The molecule has 0 unspecified atom stereocenters. The molecule has 1 aromatic rings. The fourth-order valence-corrected chi connectivity index (χ4v) is 2.56. The van der Waals surface area contributed by atoms with Gasteiger partial charge in [0.25, 0.3) is 0 Å². The van der Waals surface area contributed by atoms with Gasteiger partial charge >= 0.3 is 0 Å². The second kappa shape index (κ2) is 8.76. The lowest BCUT2D eigenvalue weighted by Crippen LogP contribution is -2.16. The zero-order valence-corrected chi connectivity index (χ0v) is 17.1. The lowest BCUT2D eigenvalue weighted by atomic mass is 9.95. The number of allylic oxidation sites excluding steroid dienone is 4. The Morgan fingerprint density at radius 1 is 1.09 bits per heavy atom. The van der Waals surface area contributed by atoms with Crippen LogP contribution in [0.3, 0.4) is 0 Å². The van der Waals surface area contributed by atoms with E-state index in [4.69, 9.17) is 36.0 Å². The van der Waals surface area contributed by atoms with Crippen LogP contribution in [0, 0.1) is 11.3 Å². The average Bonchev–Trinajstić information content (AvgIpc) is 2.51. The first-order valence-corrected chi connectivity index (χ1v) is 8.71. The quantitative estimate of drug-likeness (QED) is 0.216. The van der Waals surface area contributed by atoms with Crippen LogP contribution in [0.2, 0.25) is 5.02 Å². The number of Topliss-reactive ketones (excluding diaryl/α,β-unsaturated/α-hetero) is 1. The predicted molar refractivity (Wildman–Crippen MR) is 110 cm³/mol. The molecule has 0 N–H and O–H groups in total. The van der Waals surface area contributed by atoms with Crippen molar-refractivity contribution in [2.24, 2.45) is 0 Å². The third-order valence-corrected chi connectivity index (χ3v) is 5.11. The molecule has 0 saturated heterocycles. The fourth-order valence-electron chi connectivity index (χ4n) is 1.57. The Morgan fingerprint density at radius 3 is 1.87 bits per heavy atom. The Balaban J connectivity index is 3.59. The third-order valence-electron chi connectivity index (χ3n) is 2.64. The van der Waals surface area contributed by atoms with Gasteiger partial charge in [0.2, 0.25) is 5.78 Å². The number of nitrogens with zero attached hydrogens (tertiary/aromatic N) is 1. The van der Waals surface area contributed by atoms with E-state index in [9.17, 15) is 10.1 Å². The van der Waals surface area contributed by atoms with Crippen LogP contribution < -0.4 is 0 Å². The maximum atomic E-state index is 12.7. The van der Waals surface area contributed by atoms with E-state index in [1.807, 2.05) is 6.07 Å². The summed E-state index contributed by atoms with van der Waals surface area (Å²) in [6.07, 6.45) is 0. The summed E-state index contributed by atoms with van der Waals surface area (Å²) >= 11 is 22.6. The first-order chi connectivity index (χ1) is 10.7. The van der Waals surface area contributed by atoms with Gasteiger partial charge in [0, 0.05) is 25.1 Å². The minimum atomic E-state index is -0.508. The molecule has 0 bridgehead atoms. The number of ketones is 1. The lowest BCUT2D eigenvalue weighted by molar-refractivity contribution is 0.103. The summed E-state index contributed by atoms with van der Waals surface area (Å²) in [6.45, 7) is 7.35. The molecular weight excluding hydrogens is 482 g/mol. The Hall–Kier alpha value is -0.970. The van der Waals surface area contributed by atoms with Gasteiger partial charge in [0.05, 0.1) is 9.73 Å². The number of benzene rings is 1. The molecule has 0 aliphatic carbocycles. The fraction of sp³-hybridized carbons (Fsp3) is 0. The number of halogens is 3. The highest BCUT2D eigenvalue weighted by molar-refractivity contribution is 9.12. The molecule has 1 rings (SSSR count). The largest absolute Gasteiger partial charge is 0.288 e. The summed E-state index contributed by atoms with van der Waals surface area (Å²) in [5.74, 6) is -0.508. The first kappa shape index (κ1) is 20.1. The van der Waals surface area contributed by atoms with Crippen molar-refractivity contribution in [1.82, 2.24) is 0 Å². The maximum absolute atomic E-state index is 12.7. The zero-order valence-electron chi connectivity index (χ0n) is 11.5. The molecular formula is C16H8Br2ClNOS2.